The summed E-state index contributed by atoms with van der Waals surface area (Å²) in [5.41, 5.74) is 5.72. The summed E-state index contributed by atoms with van der Waals surface area (Å²) in [6.07, 6.45) is 5.33. The van der Waals surface area contributed by atoms with Gasteiger partial charge in [0.2, 0.25) is 5.91 Å². The third-order valence-electron chi connectivity index (χ3n) is 11.1. The molecule has 19 heteroatoms. The predicted octanol–water partition coefficient (Wildman–Crippen LogP) is 4.16. The van der Waals surface area contributed by atoms with Crippen molar-refractivity contribution in [2.45, 2.75) is 153 Å². The van der Waals surface area contributed by atoms with Crippen LogP contribution in [0.3, 0.4) is 0 Å². The number of ether oxygens (including phenoxy) is 1. The van der Waals surface area contributed by atoms with Crippen molar-refractivity contribution >= 4 is 65.1 Å². The molecule has 0 unspecified atom stereocenters. The van der Waals surface area contributed by atoms with Gasteiger partial charge in [0.05, 0.1) is 12.1 Å². The van der Waals surface area contributed by atoms with Crippen LogP contribution in [0.2, 0.25) is 0 Å². The lowest BCUT2D eigenvalue weighted by Gasteiger charge is -2.33. The van der Waals surface area contributed by atoms with E-state index in [1.807, 2.05) is 19.9 Å². The number of urea groups is 1. The maximum Gasteiger partial charge on any atom is 0.408 e. The second-order valence-corrected chi connectivity index (χ2v) is 18.3. The number of hydrogen-bond donors (Lipinski definition) is 6. The van der Waals surface area contributed by atoms with Crippen molar-refractivity contribution in [2.75, 3.05) is 24.2 Å². The number of thioether (sulfide) groups is 1. The molecule has 60 heavy (non-hydrogen) atoms. The number of carbonyl (C=O) groups is 8. The van der Waals surface area contributed by atoms with E-state index in [9.17, 15) is 43.5 Å². The van der Waals surface area contributed by atoms with Crippen molar-refractivity contribution in [1.82, 2.24) is 31.4 Å². The molecule has 3 fully saturated rings. The number of aliphatic carboxylic acids is 1. The summed E-state index contributed by atoms with van der Waals surface area (Å²) in [5, 5.41) is 22.7. The van der Waals surface area contributed by atoms with Crippen LogP contribution in [0.5, 0.6) is 0 Å². The van der Waals surface area contributed by atoms with Gasteiger partial charge in [-0.15, -0.1) is 16.8 Å². The Bertz CT molecular complexity index is 1840. The SMILES string of the molecule is Cc1cc2c(c(C)c1NC(=O)[C@@]1(CCCCC(=O)O)SC[C@@H]3NC(=O)N[C@@H]31)C(=O)N(NCCCC[C@H](NC(=O)OC(C)(C)C)C(=O)ON1C(=O)CCC1=O)CCCCCC2. The molecule has 330 valence electrons. The van der Waals surface area contributed by atoms with E-state index in [0.717, 1.165) is 36.8 Å². The zero-order chi connectivity index (χ0) is 43.8. The highest BCUT2D eigenvalue weighted by atomic mass is 32.2. The van der Waals surface area contributed by atoms with Crippen LogP contribution in [0, 0.1) is 13.8 Å². The predicted molar refractivity (Wildman–Crippen MR) is 220 cm³/mol. The largest absolute Gasteiger partial charge is 0.481 e. The Morgan fingerprint density at radius 2 is 1.68 bits per heavy atom. The molecule has 4 aliphatic rings. The van der Waals surface area contributed by atoms with Gasteiger partial charge in [-0.3, -0.25) is 29.0 Å². The maximum atomic E-state index is 14.5. The van der Waals surface area contributed by atoms with Crippen LogP contribution < -0.4 is 26.7 Å². The van der Waals surface area contributed by atoms with E-state index in [0.29, 0.717) is 79.2 Å². The Morgan fingerprint density at radius 3 is 2.38 bits per heavy atom. The number of fused-ring (bicyclic) bond motifs is 2. The first-order chi connectivity index (χ1) is 28.4. The molecule has 0 radical (unpaired) electrons. The summed E-state index contributed by atoms with van der Waals surface area (Å²) in [6, 6.07) is -0.364. The standard InChI is InChI=1S/C41H59N7O11S/c1-24-22-26-14-8-6-7-13-21-47(42-20-12-10-15-27(44-39(57)58-40(3,4)5)36(54)59-48-29(49)17-18-30(48)50)35(53)32(26)25(2)33(24)45-37(55)41(19-11-9-16-31(51)52)34-28(23-60-41)43-38(56)46-34/h22,27-28,34,42H,6-21,23H2,1-5H3,(H,44,57)(H,45,55)(H,51,52)(H2,43,46,56)/t27-,28-,34-,41-/m0/s1. The van der Waals surface area contributed by atoms with Gasteiger partial charge < -0.3 is 35.9 Å². The second-order valence-electron chi connectivity index (χ2n) is 16.9. The first kappa shape index (κ1) is 46.2. The van der Waals surface area contributed by atoms with Gasteiger partial charge in [0, 0.05) is 49.4 Å². The molecule has 0 aromatic heterocycles. The molecule has 18 nitrogen and oxygen atoms in total. The zero-order valence-electron chi connectivity index (χ0n) is 35.2. The molecule has 0 saturated carbocycles. The topological polar surface area (TPSA) is 242 Å². The average molecular weight is 858 g/mol. The fraction of sp³-hybridized carbons (Fsp3) is 0.659. The van der Waals surface area contributed by atoms with E-state index in [2.05, 4.69) is 26.7 Å². The molecule has 1 aromatic carbocycles. The van der Waals surface area contributed by atoms with Crippen molar-refractivity contribution in [3.05, 3.63) is 28.3 Å². The van der Waals surface area contributed by atoms with E-state index in [1.54, 1.807) is 25.8 Å². The molecule has 5 rings (SSSR count). The molecule has 4 aliphatic heterocycles. The number of hydroxylamine groups is 2. The Kier molecular flexibility index (Phi) is 15.5. The molecule has 6 N–H and O–H groups in total. The Labute approximate surface area is 354 Å². The normalized spacial score (nSPS) is 22.4. The number of carboxylic acid groups (broad SMARTS) is 1. The summed E-state index contributed by atoms with van der Waals surface area (Å²) in [4.78, 5) is 108. The minimum absolute atomic E-state index is 0.0254. The summed E-state index contributed by atoms with van der Waals surface area (Å²) in [5.74, 6) is -3.22. The van der Waals surface area contributed by atoms with Gasteiger partial charge in [-0.05, 0) is 103 Å². The van der Waals surface area contributed by atoms with Crippen LogP contribution in [0.15, 0.2) is 6.07 Å². The highest BCUT2D eigenvalue weighted by molar-refractivity contribution is 8.01. The van der Waals surface area contributed by atoms with Crippen LogP contribution in [-0.4, -0.2) is 110 Å². The lowest BCUT2D eigenvalue weighted by Crippen LogP contribution is -2.54. The summed E-state index contributed by atoms with van der Waals surface area (Å²) >= 11 is 1.45. The van der Waals surface area contributed by atoms with Crippen LogP contribution in [-0.2, 0) is 40.0 Å². The third kappa shape index (κ3) is 11.5. The van der Waals surface area contributed by atoms with Gasteiger partial charge in [-0.25, -0.2) is 19.8 Å². The quantitative estimate of drug-likeness (QED) is 0.0779. The van der Waals surface area contributed by atoms with Crippen LogP contribution in [0.4, 0.5) is 15.3 Å². The average Bonchev–Trinajstić information content (AvgIpc) is 3.82. The number of alkyl carbamates (subject to hydrolysis) is 1. The van der Waals surface area contributed by atoms with Crippen molar-refractivity contribution in [1.29, 1.82) is 0 Å². The fourth-order valence-corrected chi connectivity index (χ4v) is 9.78. The van der Waals surface area contributed by atoms with E-state index >= 15 is 0 Å². The van der Waals surface area contributed by atoms with Gasteiger partial charge >= 0.3 is 24.1 Å². The minimum Gasteiger partial charge on any atom is -0.481 e. The molecule has 0 bridgehead atoms. The number of hydrogen-bond acceptors (Lipinski definition) is 12. The van der Waals surface area contributed by atoms with Crippen molar-refractivity contribution < 1.29 is 53.0 Å². The zero-order valence-corrected chi connectivity index (χ0v) is 36.0. The highest BCUT2D eigenvalue weighted by Crippen LogP contribution is 2.45. The molecule has 3 saturated heterocycles. The third-order valence-corrected chi connectivity index (χ3v) is 12.8. The molecule has 7 amide bonds. The van der Waals surface area contributed by atoms with Crippen LogP contribution >= 0.6 is 11.8 Å². The summed E-state index contributed by atoms with van der Waals surface area (Å²) in [7, 11) is 0. The smallest absolute Gasteiger partial charge is 0.408 e. The number of carboxylic acids is 1. The Balaban J connectivity index is 1.29. The number of nitrogens with one attached hydrogen (secondary N) is 5. The van der Waals surface area contributed by atoms with Gasteiger partial charge in [-0.2, -0.15) is 0 Å². The number of imide groups is 1. The van der Waals surface area contributed by atoms with Crippen molar-refractivity contribution in [3.63, 3.8) is 0 Å². The molecule has 0 aliphatic carbocycles. The number of unbranched alkanes of at least 4 members (excludes halogenated alkanes) is 2. The van der Waals surface area contributed by atoms with E-state index in [-0.39, 0.29) is 49.6 Å². The first-order valence-corrected chi connectivity index (χ1v) is 21.9. The monoisotopic (exact) mass is 857 g/mol. The number of hydrazine groups is 1. The van der Waals surface area contributed by atoms with Gasteiger partial charge in [-0.1, -0.05) is 25.3 Å². The van der Waals surface area contributed by atoms with Crippen molar-refractivity contribution in [3.8, 4) is 0 Å². The lowest BCUT2D eigenvalue weighted by molar-refractivity contribution is -0.199. The number of carbonyl (C=O) groups excluding carboxylic acids is 7. The molecule has 4 atom stereocenters. The summed E-state index contributed by atoms with van der Waals surface area (Å²) in [6.45, 7) is 9.49. The van der Waals surface area contributed by atoms with E-state index < -0.39 is 52.3 Å². The lowest BCUT2D eigenvalue weighted by atomic mass is 9.87. The van der Waals surface area contributed by atoms with Gasteiger partial charge in [0.25, 0.3) is 17.7 Å². The van der Waals surface area contributed by atoms with E-state index in [1.165, 1.54) is 11.8 Å². The summed E-state index contributed by atoms with van der Waals surface area (Å²) < 4.78 is 4.27. The Hall–Kier alpha value is -4.91. The molecule has 4 heterocycles. The number of aryl methyl sites for hydroxylation is 2. The number of nitrogens with zero attached hydrogens (tertiary/aromatic N) is 2. The van der Waals surface area contributed by atoms with Gasteiger partial charge in [0.1, 0.15) is 16.4 Å². The molecular weight excluding hydrogens is 799 g/mol. The van der Waals surface area contributed by atoms with E-state index in [4.69, 9.17) is 9.57 Å². The van der Waals surface area contributed by atoms with Crippen molar-refractivity contribution in [2.24, 2.45) is 0 Å². The molecular formula is C41H59N7O11S. The highest BCUT2D eigenvalue weighted by Gasteiger charge is 2.57. The number of anilines is 1. The number of amides is 7. The minimum atomic E-state index is -1.22. The van der Waals surface area contributed by atoms with Gasteiger partial charge in [0.15, 0.2) is 0 Å². The molecule has 1 aromatic rings. The first-order valence-electron chi connectivity index (χ1n) is 20.9. The second kappa shape index (κ2) is 20.1. The number of benzene rings is 1. The molecule has 0 spiro atoms. The fourth-order valence-electron chi connectivity index (χ4n) is 8.15. The van der Waals surface area contributed by atoms with Crippen LogP contribution in [0.25, 0.3) is 0 Å². The number of rotatable bonds is 16. The maximum absolute atomic E-state index is 14.5. The van der Waals surface area contributed by atoms with Crippen LogP contribution in [0.1, 0.15) is 131 Å². The Morgan fingerprint density at radius 1 is 0.967 bits per heavy atom.